The zero-order valence-electron chi connectivity index (χ0n) is 9.38. The molecule has 14 heavy (non-hydrogen) atoms. The van der Waals surface area contributed by atoms with Gasteiger partial charge in [-0.1, -0.05) is 39.5 Å². The lowest BCUT2D eigenvalue weighted by Crippen LogP contribution is -2.31. The zero-order chi connectivity index (χ0) is 10.6. The fourth-order valence-electron chi connectivity index (χ4n) is 2.70. The summed E-state index contributed by atoms with van der Waals surface area (Å²) in [4.78, 5) is 11.3. The molecule has 2 nitrogen and oxygen atoms in total. The van der Waals surface area contributed by atoms with E-state index < -0.39 is 11.4 Å². The summed E-state index contributed by atoms with van der Waals surface area (Å²) in [5.41, 5.74) is -0.436. The molecule has 1 aliphatic carbocycles. The van der Waals surface area contributed by atoms with Gasteiger partial charge in [0.15, 0.2) is 0 Å². The van der Waals surface area contributed by atoms with Gasteiger partial charge in [-0.3, -0.25) is 4.79 Å². The zero-order valence-corrected chi connectivity index (χ0v) is 9.38. The predicted molar refractivity (Wildman–Crippen MR) is 57.2 cm³/mol. The van der Waals surface area contributed by atoms with E-state index in [1.54, 1.807) is 0 Å². The average molecular weight is 198 g/mol. The molecule has 1 aliphatic rings. The highest BCUT2D eigenvalue weighted by atomic mass is 16.4. The van der Waals surface area contributed by atoms with E-state index in [2.05, 4.69) is 0 Å². The van der Waals surface area contributed by atoms with Crippen LogP contribution in [0.1, 0.15) is 58.8 Å². The highest BCUT2D eigenvalue weighted by Crippen LogP contribution is 2.40. The van der Waals surface area contributed by atoms with Gasteiger partial charge < -0.3 is 5.11 Å². The second kappa shape index (κ2) is 4.81. The maximum atomic E-state index is 11.3. The highest BCUT2D eigenvalue weighted by Gasteiger charge is 2.37. The molecule has 0 heterocycles. The standard InChI is InChI=1S/C12H22O2/c1-3-12(4-2,11(13)14)9-10-7-5-6-8-10/h10H,3-9H2,1-2H3,(H,13,14). The molecule has 0 bridgehead atoms. The van der Waals surface area contributed by atoms with Crippen LogP contribution in [0.15, 0.2) is 0 Å². The number of carboxylic acid groups (broad SMARTS) is 1. The van der Waals surface area contributed by atoms with Crippen molar-refractivity contribution < 1.29 is 9.90 Å². The van der Waals surface area contributed by atoms with Gasteiger partial charge >= 0.3 is 5.97 Å². The van der Waals surface area contributed by atoms with Crippen LogP contribution >= 0.6 is 0 Å². The van der Waals surface area contributed by atoms with Gasteiger partial charge in [-0.05, 0) is 25.2 Å². The van der Waals surface area contributed by atoms with Crippen LogP contribution in [0.4, 0.5) is 0 Å². The minimum Gasteiger partial charge on any atom is -0.481 e. The summed E-state index contributed by atoms with van der Waals surface area (Å²) >= 11 is 0. The van der Waals surface area contributed by atoms with Crippen molar-refractivity contribution in [3.8, 4) is 0 Å². The molecule has 0 spiro atoms. The SMILES string of the molecule is CCC(CC)(CC1CCCC1)C(=O)O. The van der Waals surface area contributed by atoms with Crippen LogP contribution in [-0.4, -0.2) is 11.1 Å². The molecule has 0 amide bonds. The van der Waals surface area contributed by atoms with E-state index in [0.29, 0.717) is 5.92 Å². The first-order valence-corrected chi connectivity index (χ1v) is 5.88. The Balaban J connectivity index is 2.61. The first-order chi connectivity index (χ1) is 6.64. The van der Waals surface area contributed by atoms with Crippen LogP contribution in [-0.2, 0) is 4.79 Å². The summed E-state index contributed by atoms with van der Waals surface area (Å²) < 4.78 is 0. The van der Waals surface area contributed by atoms with Crippen LogP contribution < -0.4 is 0 Å². The van der Waals surface area contributed by atoms with E-state index in [9.17, 15) is 9.90 Å². The molecule has 0 aromatic rings. The molecule has 0 aliphatic heterocycles. The minimum absolute atomic E-state index is 0.436. The second-order valence-corrected chi connectivity index (χ2v) is 4.65. The third-order valence-electron chi connectivity index (χ3n) is 3.96. The molecular weight excluding hydrogens is 176 g/mol. The van der Waals surface area contributed by atoms with Crippen molar-refractivity contribution in [1.29, 1.82) is 0 Å². The first-order valence-electron chi connectivity index (χ1n) is 5.88. The molecule has 0 radical (unpaired) electrons. The highest BCUT2D eigenvalue weighted by molar-refractivity contribution is 5.74. The lowest BCUT2D eigenvalue weighted by atomic mass is 9.74. The van der Waals surface area contributed by atoms with Crippen LogP contribution in [0.3, 0.4) is 0 Å². The third-order valence-corrected chi connectivity index (χ3v) is 3.96. The fraction of sp³-hybridized carbons (Fsp3) is 0.917. The summed E-state index contributed by atoms with van der Waals surface area (Å²) in [7, 11) is 0. The third kappa shape index (κ3) is 2.28. The molecule has 0 unspecified atom stereocenters. The average Bonchev–Trinajstić information content (AvgIpc) is 2.66. The number of carbonyl (C=O) groups is 1. The molecule has 1 fully saturated rings. The van der Waals surface area contributed by atoms with Crippen molar-refractivity contribution in [2.75, 3.05) is 0 Å². The van der Waals surface area contributed by atoms with Crippen LogP contribution in [0.2, 0.25) is 0 Å². The van der Waals surface area contributed by atoms with E-state index in [0.717, 1.165) is 19.3 Å². The molecule has 82 valence electrons. The molecule has 2 heteroatoms. The van der Waals surface area contributed by atoms with Crippen LogP contribution in [0, 0.1) is 11.3 Å². The van der Waals surface area contributed by atoms with Crippen LogP contribution in [0.25, 0.3) is 0 Å². The van der Waals surface area contributed by atoms with Gasteiger partial charge in [-0.25, -0.2) is 0 Å². The van der Waals surface area contributed by atoms with E-state index in [1.165, 1.54) is 25.7 Å². The van der Waals surface area contributed by atoms with Gasteiger partial charge in [-0.15, -0.1) is 0 Å². The molecule has 0 atom stereocenters. The Labute approximate surface area is 86.7 Å². The summed E-state index contributed by atoms with van der Waals surface area (Å²) in [6.45, 7) is 4.01. The van der Waals surface area contributed by atoms with Gasteiger partial charge in [0.2, 0.25) is 0 Å². The maximum Gasteiger partial charge on any atom is 0.309 e. The first kappa shape index (κ1) is 11.5. The summed E-state index contributed by atoms with van der Waals surface area (Å²) in [6, 6.07) is 0. The Morgan fingerprint density at radius 3 is 2.14 bits per heavy atom. The lowest BCUT2D eigenvalue weighted by Gasteiger charge is -2.29. The maximum absolute atomic E-state index is 11.3. The van der Waals surface area contributed by atoms with Crippen molar-refractivity contribution in [1.82, 2.24) is 0 Å². The molecule has 0 aromatic carbocycles. The van der Waals surface area contributed by atoms with E-state index >= 15 is 0 Å². The molecule has 0 aromatic heterocycles. The summed E-state index contributed by atoms with van der Waals surface area (Å²) in [5.74, 6) is 0.0837. The normalized spacial score (nSPS) is 18.7. The topological polar surface area (TPSA) is 37.3 Å². The van der Waals surface area contributed by atoms with Gasteiger partial charge in [0, 0.05) is 0 Å². The number of rotatable bonds is 5. The molecule has 1 saturated carbocycles. The summed E-state index contributed by atoms with van der Waals surface area (Å²) in [6.07, 6.45) is 7.53. The molecule has 1 rings (SSSR count). The Bertz CT molecular complexity index is 188. The van der Waals surface area contributed by atoms with E-state index in [-0.39, 0.29) is 0 Å². The fourth-order valence-corrected chi connectivity index (χ4v) is 2.70. The Hall–Kier alpha value is -0.530. The van der Waals surface area contributed by atoms with Gasteiger partial charge in [0.1, 0.15) is 0 Å². The Morgan fingerprint density at radius 1 is 1.29 bits per heavy atom. The summed E-state index contributed by atoms with van der Waals surface area (Å²) in [5, 5.41) is 9.28. The molecular formula is C12H22O2. The largest absolute Gasteiger partial charge is 0.481 e. The Kier molecular flexibility index (Phi) is 3.97. The van der Waals surface area contributed by atoms with Crippen molar-refractivity contribution in [2.45, 2.75) is 58.8 Å². The predicted octanol–water partition coefficient (Wildman–Crippen LogP) is 3.46. The number of aliphatic carboxylic acids is 1. The number of hydrogen-bond donors (Lipinski definition) is 1. The molecule has 0 saturated heterocycles. The van der Waals surface area contributed by atoms with Gasteiger partial charge in [-0.2, -0.15) is 0 Å². The van der Waals surface area contributed by atoms with Crippen molar-refractivity contribution in [2.24, 2.45) is 11.3 Å². The smallest absolute Gasteiger partial charge is 0.309 e. The van der Waals surface area contributed by atoms with Crippen molar-refractivity contribution in [3.05, 3.63) is 0 Å². The monoisotopic (exact) mass is 198 g/mol. The number of carboxylic acids is 1. The Morgan fingerprint density at radius 2 is 1.79 bits per heavy atom. The lowest BCUT2D eigenvalue weighted by molar-refractivity contribution is -0.150. The number of hydrogen-bond acceptors (Lipinski definition) is 1. The van der Waals surface area contributed by atoms with Crippen molar-refractivity contribution in [3.63, 3.8) is 0 Å². The van der Waals surface area contributed by atoms with Gasteiger partial charge in [0.25, 0.3) is 0 Å². The second-order valence-electron chi connectivity index (χ2n) is 4.65. The quantitative estimate of drug-likeness (QED) is 0.734. The van der Waals surface area contributed by atoms with Crippen LogP contribution in [0.5, 0.6) is 0 Å². The van der Waals surface area contributed by atoms with Gasteiger partial charge in [0.05, 0.1) is 5.41 Å². The molecule has 1 N–H and O–H groups in total. The van der Waals surface area contributed by atoms with E-state index in [4.69, 9.17) is 0 Å². The van der Waals surface area contributed by atoms with E-state index in [1.807, 2.05) is 13.8 Å². The van der Waals surface area contributed by atoms with Crippen molar-refractivity contribution >= 4 is 5.97 Å². The minimum atomic E-state index is -0.589.